The summed E-state index contributed by atoms with van der Waals surface area (Å²) in [6, 6.07) is 4.61. The fourth-order valence-corrected chi connectivity index (χ4v) is 1.25. The van der Waals surface area contributed by atoms with Crippen LogP contribution in [-0.2, 0) is 16.0 Å². The highest BCUT2D eigenvalue weighted by atomic mass is 16.5. The molecule has 0 amide bonds. The van der Waals surface area contributed by atoms with Crippen LogP contribution in [0.5, 0.6) is 0 Å². The smallest absolute Gasteiger partial charge is 0.338 e. The average molecular weight is 209 g/mol. The van der Waals surface area contributed by atoms with Crippen LogP contribution in [0.2, 0.25) is 0 Å². The standard InChI is InChI=1S/C10H11NO4/c1-15-10(14)6-3-2-4-8(11)7(6)5-9(12)13/h2-4H,5,11H2,1H3,(H,12,13). The summed E-state index contributed by atoms with van der Waals surface area (Å²) in [7, 11) is 1.23. The number of carbonyl (C=O) groups excluding carboxylic acids is 1. The number of nitrogen functional groups attached to an aromatic ring is 1. The first-order valence-corrected chi connectivity index (χ1v) is 4.23. The van der Waals surface area contributed by atoms with Gasteiger partial charge in [-0.15, -0.1) is 0 Å². The minimum Gasteiger partial charge on any atom is -0.481 e. The fourth-order valence-electron chi connectivity index (χ4n) is 1.25. The molecule has 0 aliphatic heterocycles. The second-order valence-electron chi connectivity index (χ2n) is 2.94. The molecule has 0 unspecified atom stereocenters. The Morgan fingerprint density at radius 2 is 2.13 bits per heavy atom. The number of carbonyl (C=O) groups is 2. The predicted octanol–water partition coefficient (Wildman–Crippen LogP) is 0.683. The molecule has 0 heterocycles. The molecule has 5 heteroatoms. The van der Waals surface area contributed by atoms with Gasteiger partial charge in [0.2, 0.25) is 0 Å². The summed E-state index contributed by atoms with van der Waals surface area (Å²) in [5.74, 6) is -1.63. The zero-order chi connectivity index (χ0) is 11.4. The van der Waals surface area contributed by atoms with Gasteiger partial charge in [0.05, 0.1) is 19.1 Å². The van der Waals surface area contributed by atoms with Crippen molar-refractivity contribution in [2.45, 2.75) is 6.42 Å². The summed E-state index contributed by atoms with van der Waals surface area (Å²) < 4.78 is 4.53. The van der Waals surface area contributed by atoms with Crippen LogP contribution in [0.3, 0.4) is 0 Å². The van der Waals surface area contributed by atoms with Gasteiger partial charge in [-0.3, -0.25) is 4.79 Å². The minimum atomic E-state index is -1.04. The predicted molar refractivity (Wildman–Crippen MR) is 53.5 cm³/mol. The SMILES string of the molecule is COC(=O)c1cccc(N)c1CC(=O)O. The van der Waals surface area contributed by atoms with Crippen LogP contribution in [0.15, 0.2) is 18.2 Å². The van der Waals surface area contributed by atoms with Crippen molar-refractivity contribution < 1.29 is 19.4 Å². The van der Waals surface area contributed by atoms with Crippen LogP contribution in [0.4, 0.5) is 5.69 Å². The molecule has 0 fully saturated rings. The molecule has 80 valence electrons. The summed E-state index contributed by atoms with van der Waals surface area (Å²) in [4.78, 5) is 21.9. The van der Waals surface area contributed by atoms with Crippen molar-refractivity contribution in [3.8, 4) is 0 Å². The normalized spacial score (nSPS) is 9.67. The Bertz CT molecular complexity index is 400. The molecule has 0 bridgehead atoms. The van der Waals surface area contributed by atoms with Crippen LogP contribution in [0, 0.1) is 0 Å². The number of esters is 1. The molecular weight excluding hydrogens is 198 g/mol. The van der Waals surface area contributed by atoms with Gasteiger partial charge in [-0.05, 0) is 12.1 Å². The molecule has 0 aliphatic carbocycles. The number of methoxy groups -OCH3 is 1. The van der Waals surface area contributed by atoms with E-state index < -0.39 is 11.9 Å². The molecule has 0 aliphatic rings. The van der Waals surface area contributed by atoms with Gasteiger partial charge in [0.25, 0.3) is 0 Å². The molecule has 15 heavy (non-hydrogen) atoms. The maximum absolute atomic E-state index is 11.3. The zero-order valence-corrected chi connectivity index (χ0v) is 8.19. The lowest BCUT2D eigenvalue weighted by molar-refractivity contribution is -0.136. The third-order valence-corrected chi connectivity index (χ3v) is 1.95. The number of carboxylic acids is 1. The molecule has 1 aromatic carbocycles. The summed E-state index contributed by atoms with van der Waals surface area (Å²) in [5, 5.41) is 8.66. The topological polar surface area (TPSA) is 89.6 Å². The van der Waals surface area contributed by atoms with Gasteiger partial charge in [-0.2, -0.15) is 0 Å². The number of ether oxygens (including phenoxy) is 1. The van der Waals surface area contributed by atoms with Gasteiger partial charge in [0.1, 0.15) is 0 Å². The van der Waals surface area contributed by atoms with Gasteiger partial charge >= 0.3 is 11.9 Å². The second kappa shape index (κ2) is 4.45. The first-order chi connectivity index (χ1) is 7.06. The number of rotatable bonds is 3. The number of hydrogen-bond donors (Lipinski definition) is 2. The van der Waals surface area contributed by atoms with Gasteiger partial charge in [-0.1, -0.05) is 6.07 Å². The molecular formula is C10H11NO4. The van der Waals surface area contributed by atoms with E-state index in [1.807, 2.05) is 0 Å². The van der Waals surface area contributed by atoms with Crippen LogP contribution in [0.25, 0.3) is 0 Å². The zero-order valence-electron chi connectivity index (χ0n) is 8.19. The Labute approximate surface area is 86.5 Å². The highest BCUT2D eigenvalue weighted by Crippen LogP contribution is 2.18. The molecule has 1 rings (SSSR count). The van der Waals surface area contributed by atoms with E-state index in [0.717, 1.165) is 0 Å². The monoisotopic (exact) mass is 209 g/mol. The van der Waals surface area contributed by atoms with E-state index in [9.17, 15) is 9.59 Å². The first-order valence-electron chi connectivity index (χ1n) is 4.23. The number of carboxylic acid groups (broad SMARTS) is 1. The van der Waals surface area contributed by atoms with E-state index >= 15 is 0 Å². The third kappa shape index (κ3) is 2.46. The fraction of sp³-hybridized carbons (Fsp3) is 0.200. The van der Waals surface area contributed by atoms with Crippen molar-refractivity contribution in [2.24, 2.45) is 0 Å². The Hall–Kier alpha value is -2.04. The van der Waals surface area contributed by atoms with Crippen molar-refractivity contribution in [3.63, 3.8) is 0 Å². The number of anilines is 1. The number of hydrogen-bond acceptors (Lipinski definition) is 4. The van der Waals surface area contributed by atoms with E-state index in [1.165, 1.54) is 13.2 Å². The molecule has 1 aromatic rings. The van der Waals surface area contributed by atoms with E-state index in [0.29, 0.717) is 0 Å². The molecule has 0 radical (unpaired) electrons. The van der Waals surface area contributed by atoms with Crippen LogP contribution >= 0.6 is 0 Å². The van der Waals surface area contributed by atoms with Crippen molar-refractivity contribution in [3.05, 3.63) is 29.3 Å². The second-order valence-corrected chi connectivity index (χ2v) is 2.94. The van der Waals surface area contributed by atoms with Crippen molar-refractivity contribution >= 4 is 17.6 Å². The maximum Gasteiger partial charge on any atom is 0.338 e. The molecule has 0 aromatic heterocycles. The molecule has 5 nitrogen and oxygen atoms in total. The highest BCUT2D eigenvalue weighted by Gasteiger charge is 2.16. The molecule has 0 atom stereocenters. The van der Waals surface area contributed by atoms with E-state index in [4.69, 9.17) is 10.8 Å². The van der Waals surface area contributed by atoms with Crippen molar-refractivity contribution in [2.75, 3.05) is 12.8 Å². The van der Waals surface area contributed by atoms with Gasteiger partial charge in [-0.25, -0.2) is 4.79 Å². The Kier molecular flexibility index (Phi) is 3.28. The van der Waals surface area contributed by atoms with Crippen LogP contribution in [-0.4, -0.2) is 24.2 Å². The van der Waals surface area contributed by atoms with E-state index in [-0.39, 0.29) is 23.2 Å². The summed E-state index contributed by atoms with van der Waals surface area (Å²) in [6.45, 7) is 0. The molecule has 0 saturated heterocycles. The average Bonchev–Trinajstić information content (AvgIpc) is 2.19. The summed E-state index contributed by atoms with van der Waals surface area (Å²) in [5.41, 5.74) is 6.35. The largest absolute Gasteiger partial charge is 0.481 e. The van der Waals surface area contributed by atoms with Crippen LogP contribution in [0.1, 0.15) is 15.9 Å². The lowest BCUT2D eigenvalue weighted by atomic mass is 10.0. The van der Waals surface area contributed by atoms with Gasteiger partial charge < -0.3 is 15.6 Å². The Morgan fingerprint density at radius 1 is 1.47 bits per heavy atom. The van der Waals surface area contributed by atoms with Crippen LogP contribution < -0.4 is 5.73 Å². The van der Waals surface area contributed by atoms with E-state index in [1.54, 1.807) is 12.1 Å². The van der Waals surface area contributed by atoms with Gasteiger partial charge in [0.15, 0.2) is 0 Å². The quantitative estimate of drug-likeness (QED) is 0.564. The molecule has 3 N–H and O–H groups in total. The lowest BCUT2D eigenvalue weighted by Gasteiger charge is -2.08. The lowest BCUT2D eigenvalue weighted by Crippen LogP contribution is -2.11. The summed E-state index contributed by atoms with van der Waals surface area (Å²) in [6.07, 6.45) is -0.295. The Balaban J connectivity index is 3.19. The van der Waals surface area contributed by atoms with Crippen molar-refractivity contribution in [1.82, 2.24) is 0 Å². The number of benzene rings is 1. The molecule has 0 spiro atoms. The number of aliphatic carboxylic acids is 1. The van der Waals surface area contributed by atoms with E-state index in [2.05, 4.69) is 4.74 Å². The maximum atomic E-state index is 11.3. The van der Waals surface area contributed by atoms with Gasteiger partial charge in [0, 0.05) is 11.3 Å². The minimum absolute atomic E-state index is 0.194. The van der Waals surface area contributed by atoms with Crippen molar-refractivity contribution in [1.29, 1.82) is 0 Å². The first kappa shape index (κ1) is 11.0. The third-order valence-electron chi connectivity index (χ3n) is 1.95. The molecule has 0 saturated carbocycles. The number of nitrogens with two attached hydrogens (primary N) is 1. The highest BCUT2D eigenvalue weighted by molar-refractivity contribution is 5.94. The summed E-state index contributed by atoms with van der Waals surface area (Å²) >= 11 is 0. The Morgan fingerprint density at radius 3 is 2.67 bits per heavy atom.